The summed E-state index contributed by atoms with van der Waals surface area (Å²) in [6.45, 7) is 18.6. The van der Waals surface area contributed by atoms with E-state index < -0.39 is 0 Å². The molecule has 0 radical (unpaired) electrons. The summed E-state index contributed by atoms with van der Waals surface area (Å²) in [6.07, 6.45) is 13.8. The molecule has 0 saturated heterocycles. The van der Waals surface area contributed by atoms with Crippen LogP contribution in [0.25, 0.3) is 0 Å². The molecule has 2 unspecified atom stereocenters. The Morgan fingerprint density at radius 3 is 1.17 bits per heavy atom. The molecule has 0 spiro atoms. The predicted molar refractivity (Wildman–Crippen MR) is 105 cm³/mol. The third-order valence-electron chi connectivity index (χ3n) is 4.90. The van der Waals surface area contributed by atoms with E-state index in [9.17, 15) is 0 Å². The number of rotatable bonds is 12. The second-order valence-corrected chi connectivity index (χ2v) is 9.54. The van der Waals surface area contributed by atoms with E-state index in [0.717, 1.165) is 0 Å². The molecule has 0 aliphatic carbocycles. The fourth-order valence-corrected chi connectivity index (χ4v) is 3.12. The van der Waals surface area contributed by atoms with Gasteiger partial charge in [0.1, 0.15) is 0 Å². The summed E-state index contributed by atoms with van der Waals surface area (Å²) in [6, 6.07) is 0. The lowest BCUT2D eigenvalue weighted by Crippen LogP contribution is -2.39. The molecule has 1 heteroatoms. The zero-order valence-corrected chi connectivity index (χ0v) is 17.6. The van der Waals surface area contributed by atoms with E-state index >= 15 is 0 Å². The molecule has 2 atom stereocenters. The zero-order valence-electron chi connectivity index (χ0n) is 17.6. The first-order valence-corrected chi connectivity index (χ1v) is 10.3. The molecule has 0 aromatic heterocycles. The van der Waals surface area contributed by atoms with Crippen molar-refractivity contribution in [1.82, 2.24) is 0 Å². The fourth-order valence-electron chi connectivity index (χ4n) is 3.12. The van der Waals surface area contributed by atoms with Crippen LogP contribution in [0.4, 0.5) is 0 Å². The quantitative estimate of drug-likeness (QED) is 0.333. The SMILES string of the molecule is CCCCCCC(OC(CCCCCC)C(C)(C)C)C(C)(C)C. The molecule has 0 rings (SSSR count). The molecule has 0 fully saturated rings. The minimum Gasteiger partial charge on any atom is -0.374 e. The average Bonchev–Trinajstić information content (AvgIpc) is 2.42. The first-order valence-electron chi connectivity index (χ1n) is 10.3. The highest BCUT2D eigenvalue weighted by Crippen LogP contribution is 2.34. The summed E-state index contributed by atoms with van der Waals surface area (Å²) in [4.78, 5) is 0. The van der Waals surface area contributed by atoms with Gasteiger partial charge in [-0.3, -0.25) is 0 Å². The number of ether oxygens (including phenoxy) is 1. The largest absolute Gasteiger partial charge is 0.374 e. The molecule has 0 amide bonds. The molecule has 0 aromatic carbocycles. The molecule has 0 heterocycles. The third-order valence-corrected chi connectivity index (χ3v) is 4.90. The summed E-state index contributed by atoms with van der Waals surface area (Å²) in [5.74, 6) is 0. The zero-order chi connectivity index (χ0) is 17.9. The lowest BCUT2D eigenvalue weighted by atomic mass is 9.82. The topological polar surface area (TPSA) is 9.23 Å². The van der Waals surface area contributed by atoms with Crippen LogP contribution in [0.2, 0.25) is 0 Å². The van der Waals surface area contributed by atoms with Gasteiger partial charge in [0.05, 0.1) is 12.2 Å². The van der Waals surface area contributed by atoms with Gasteiger partial charge >= 0.3 is 0 Å². The van der Waals surface area contributed by atoms with Gasteiger partial charge in [-0.25, -0.2) is 0 Å². The van der Waals surface area contributed by atoms with Gasteiger partial charge in [-0.2, -0.15) is 0 Å². The Hall–Kier alpha value is -0.0400. The van der Waals surface area contributed by atoms with Crippen molar-refractivity contribution in [3.05, 3.63) is 0 Å². The number of unbranched alkanes of at least 4 members (excludes halogenated alkanes) is 6. The summed E-state index contributed by atoms with van der Waals surface area (Å²) < 4.78 is 6.74. The van der Waals surface area contributed by atoms with Crippen molar-refractivity contribution in [3.8, 4) is 0 Å². The highest BCUT2D eigenvalue weighted by molar-refractivity contribution is 4.81. The van der Waals surface area contributed by atoms with Crippen molar-refractivity contribution in [3.63, 3.8) is 0 Å². The average molecular weight is 327 g/mol. The van der Waals surface area contributed by atoms with E-state index in [2.05, 4.69) is 55.4 Å². The van der Waals surface area contributed by atoms with Crippen LogP contribution in [0.1, 0.15) is 120 Å². The Balaban J connectivity index is 4.64. The smallest absolute Gasteiger partial charge is 0.0627 e. The molecule has 140 valence electrons. The van der Waals surface area contributed by atoms with Crippen LogP contribution in [0.3, 0.4) is 0 Å². The van der Waals surface area contributed by atoms with Crippen molar-refractivity contribution in [2.75, 3.05) is 0 Å². The summed E-state index contributed by atoms with van der Waals surface area (Å²) >= 11 is 0. The van der Waals surface area contributed by atoms with Crippen LogP contribution < -0.4 is 0 Å². The third kappa shape index (κ3) is 11.2. The fraction of sp³-hybridized carbons (Fsp3) is 1.00. The van der Waals surface area contributed by atoms with E-state index in [1.54, 1.807) is 0 Å². The minimum atomic E-state index is 0.235. The van der Waals surface area contributed by atoms with Crippen LogP contribution in [-0.4, -0.2) is 12.2 Å². The molecule has 0 aliphatic rings. The van der Waals surface area contributed by atoms with E-state index in [1.165, 1.54) is 64.2 Å². The van der Waals surface area contributed by atoms with Crippen LogP contribution in [0.15, 0.2) is 0 Å². The molecule has 0 aliphatic heterocycles. The Kier molecular flexibility index (Phi) is 11.5. The van der Waals surface area contributed by atoms with Crippen molar-refractivity contribution in [1.29, 1.82) is 0 Å². The van der Waals surface area contributed by atoms with Gasteiger partial charge in [-0.1, -0.05) is 107 Å². The normalized spacial score (nSPS) is 15.7. The Morgan fingerprint density at radius 1 is 0.565 bits per heavy atom. The summed E-state index contributed by atoms with van der Waals surface area (Å²) in [7, 11) is 0. The molecule has 0 saturated carbocycles. The van der Waals surface area contributed by atoms with Crippen molar-refractivity contribution in [2.45, 2.75) is 132 Å². The van der Waals surface area contributed by atoms with Gasteiger partial charge in [0.2, 0.25) is 0 Å². The first kappa shape index (κ1) is 23.0. The second-order valence-electron chi connectivity index (χ2n) is 9.54. The minimum absolute atomic E-state index is 0.235. The van der Waals surface area contributed by atoms with Crippen molar-refractivity contribution >= 4 is 0 Å². The maximum atomic E-state index is 6.74. The summed E-state index contributed by atoms with van der Waals surface area (Å²) in [5.41, 5.74) is 0.471. The highest BCUT2D eigenvalue weighted by atomic mass is 16.5. The Morgan fingerprint density at radius 2 is 0.913 bits per heavy atom. The molecular formula is C22H46O. The van der Waals surface area contributed by atoms with Crippen molar-refractivity contribution < 1.29 is 4.74 Å². The van der Waals surface area contributed by atoms with Crippen LogP contribution >= 0.6 is 0 Å². The molecule has 0 aromatic rings. The Bertz CT molecular complexity index is 241. The maximum absolute atomic E-state index is 6.74. The van der Waals surface area contributed by atoms with E-state index in [1.807, 2.05) is 0 Å². The monoisotopic (exact) mass is 326 g/mol. The van der Waals surface area contributed by atoms with E-state index in [-0.39, 0.29) is 10.8 Å². The Labute approximate surface area is 148 Å². The van der Waals surface area contributed by atoms with Gasteiger partial charge < -0.3 is 4.74 Å². The molecule has 23 heavy (non-hydrogen) atoms. The van der Waals surface area contributed by atoms with Crippen LogP contribution in [-0.2, 0) is 4.74 Å². The standard InChI is InChI=1S/C22H46O/c1-9-11-13-15-17-19(21(3,4)5)23-20(22(6,7)8)18-16-14-12-10-2/h19-20H,9-18H2,1-8H3. The van der Waals surface area contributed by atoms with Gasteiger partial charge in [-0.15, -0.1) is 0 Å². The molecule has 0 bridgehead atoms. The lowest BCUT2D eigenvalue weighted by molar-refractivity contribution is -0.113. The maximum Gasteiger partial charge on any atom is 0.0627 e. The number of hydrogen-bond donors (Lipinski definition) is 0. The lowest BCUT2D eigenvalue weighted by Gasteiger charge is -2.39. The highest BCUT2D eigenvalue weighted by Gasteiger charge is 2.32. The predicted octanol–water partition coefficient (Wildman–Crippen LogP) is 7.77. The van der Waals surface area contributed by atoms with Gasteiger partial charge in [0.25, 0.3) is 0 Å². The number of hydrogen-bond acceptors (Lipinski definition) is 1. The summed E-state index contributed by atoms with van der Waals surface area (Å²) in [5, 5.41) is 0. The van der Waals surface area contributed by atoms with Crippen LogP contribution in [0, 0.1) is 10.8 Å². The molecule has 1 nitrogen and oxygen atoms in total. The van der Waals surface area contributed by atoms with Crippen LogP contribution in [0.5, 0.6) is 0 Å². The second kappa shape index (κ2) is 11.5. The molecule has 0 N–H and O–H groups in total. The van der Waals surface area contributed by atoms with E-state index in [0.29, 0.717) is 12.2 Å². The van der Waals surface area contributed by atoms with E-state index in [4.69, 9.17) is 4.74 Å². The first-order chi connectivity index (χ1) is 10.6. The molecular weight excluding hydrogens is 280 g/mol. The van der Waals surface area contributed by atoms with Gasteiger partial charge in [0, 0.05) is 0 Å². The van der Waals surface area contributed by atoms with Gasteiger partial charge in [-0.05, 0) is 23.7 Å². The van der Waals surface area contributed by atoms with Crippen molar-refractivity contribution in [2.24, 2.45) is 10.8 Å². The van der Waals surface area contributed by atoms with Gasteiger partial charge in [0.15, 0.2) is 0 Å².